The number of likely N-dealkylation sites (N-methyl/N-ethyl adjacent to an activating group) is 1. The predicted molar refractivity (Wildman–Crippen MR) is 128 cm³/mol. The van der Waals surface area contributed by atoms with Gasteiger partial charge in [0.15, 0.2) is 23.2 Å². The molecule has 202 valence electrons. The van der Waals surface area contributed by atoms with Crippen molar-refractivity contribution >= 4 is 23.9 Å². The second-order valence-corrected chi connectivity index (χ2v) is 8.23. The number of benzene rings is 2. The van der Waals surface area contributed by atoms with Crippen LogP contribution in [0.1, 0.15) is 24.8 Å². The van der Waals surface area contributed by atoms with E-state index in [1.165, 1.54) is 54.4 Å². The summed E-state index contributed by atoms with van der Waals surface area (Å²) in [6, 6.07) is 9.02. The summed E-state index contributed by atoms with van der Waals surface area (Å²) < 4.78 is 50.7. The molecule has 0 fully saturated rings. The van der Waals surface area contributed by atoms with Crippen molar-refractivity contribution in [1.82, 2.24) is 15.4 Å². The number of aromatic nitrogens is 1. The SMILES string of the molecule is CN(C(=O)NCc1cccc(F)c1F)[C@@H](CCCC(=O)O)COC(=O)Nc1cc(-c2ccc(F)cc2)on1. The molecule has 10 nitrogen and oxygen atoms in total. The largest absolute Gasteiger partial charge is 0.481 e. The van der Waals surface area contributed by atoms with Gasteiger partial charge in [-0.05, 0) is 43.2 Å². The number of aliphatic carboxylic acids is 1. The summed E-state index contributed by atoms with van der Waals surface area (Å²) in [6.45, 7) is -0.592. The molecule has 0 saturated heterocycles. The van der Waals surface area contributed by atoms with E-state index in [1.807, 2.05) is 0 Å². The molecule has 1 atom stereocenters. The first-order chi connectivity index (χ1) is 18.1. The first kappa shape index (κ1) is 28.0. The topological polar surface area (TPSA) is 134 Å². The monoisotopic (exact) mass is 534 g/mol. The molecule has 0 aliphatic carbocycles. The average molecular weight is 534 g/mol. The molecule has 0 saturated carbocycles. The van der Waals surface area contributed by atoms with Crippen molar-refractivity contribution in [3.05, 3.63) is 71.5 Å². The Morgan fingerprint density at radius 1 is 1.13 bits per heavy atom. The van der Waals surface area contributed by atoms with Gasteiger partial charge in [0.2, 0.25) is 0 Å². The molecule has 38 heavy (non-hydrogen) atoms. The fraction of sp³-hybridized carbons (Fsp3) is 0.280. The van der Waals surface area contributed by atoms with E-state index in [0.717, 1.165) is 6.07 Å². The molecule has 3 amide bonds. The maximum atomic E-state index is 13.9. The molecule has 3 aromatic rings. The van der Waals surface area contributed by atoms with Gasteiger partial charge in [0.05, 0.1) is 6.04 Å². The van der Waals surface area contributed by atoms with Gasteiger partial charge in [-0.1, -0.05) is 17.3 Å². The Bertz CT molecular complexity index is 1270. The highest BCUT2D eigenvalue weighted by Crippen LogP contribution is 2.23. The predicted octanol–water partition coefficient (Wildman–Crippen LogP) is 4.77. The Balaban J connectivity index is 1.57. The normalized spacial score (nSPS) is 11.5. The maximum absolute atomic E-state index is 13.9. The minimum absolute atomic E-state index is 0.0277. The molecule has 0 spiro atoms. The van der Waals surface area contributed by atoms with Crippen molar-refractivity contribution in [3.8, 4) is 11.3 Å². The highest BCUT2D eigenvalue weighted by molar-refractivity contribution is 5.84. The third kappa shape index (κ3) is 7.98. The van der Waals surface area contributed by atoms with Crippen molar-refractivity contribution in [1.29, 1.82) is 0 Å². The molecule has 0 radical (unpaired) electrons. The first-order valence-electron chi connectivity index (χ1n) is 11.5. The third-order valence-electron chi connectivity index (χ3n) is 5.53. The van der Waals surface area contributed by atoms with Gasteiger partial charge in [0.25, 0.3) is 0 Å². The molecule has 0 unspecified atom stereocenters. The highest BCUT2D eigenvalue weighted by atomic mass is 19.2. The molecular formula is C25H25F3N4O6. The molecule has 0 aliphatic rings. The standard InChI is InChI=1S/C25H25F3N4O6/c1-32(24(35)29-13-16-4-2-6-19(27)23(16)28)18(5-3-7-22(33)34)14-37-25(36)30-21-12-20(38-31-21)15-8-10-17(26)11-9-15/h2,4,6,8-12,18H,3,5,7,13-14H2,1H3,(H,29,35)(H,33,34)(H,30,31,36)/t18-/m0/s1. The average Bonchev–Trinajstić information content (AvgIpc) is 3.34. The molecule has 0 aliphatic heterocycles. The van der Waals surface area contributed by atoms with Crippen LogP contribution < -0.4 is 10.6 Å². The lowest BCUT2D eigenvalue weighted by Crippen LogP contribution is -2.46. The molecule has 1 aromatic heterocycles. The number of nitrogens with one attached hydrogen (secondary N) is 2. The Hall–Kier alpha value is -4.55. The van der Waals surface area contributed by atoms with E-state index < -0.39 is 41.6 Å². The summed E-state index contributed by atoms with van der Waals surface area (Å²) in [5.74, 6) is -3.28. The maximum Gasteiger partial charge on any atom is 0.412 e. The molecule has 1 heterocycles. The van der Waals surface area contributed by atoms with Crippen molar-refractivity contribution in [2.75, 3.05) is 19.0 Å². The van der Waals surface area contributed by atoms with Crippen LogP contribution in [0.4, 0.5) is 28.6 Å². The van der Waals surface area contributed by atoms with Gasteiger partial charge in [-0.2, -0.15) is 0 Å². The van der Waals surface area contributed by atoms with Crippen LogP contribution in [0.2, 0.25) is 0 Å². The number of carbonyl (C=O) groups is 3. The second kappa shape index (κ2) is 13.1. The molecule has 0 bridgehead atoms. The molecule has 3 N–H and O–H groups in total. The lowest BCUT2D eigenvalue weighted by molar-refractivity contribution is -0.137. The van der Waals surface area contributed by atoms with Crippen LogP contribution >= 0.6 is 0 Å². The zero-order chi connectivity index (χ0) is 27.7. The molecule has 13 heteroatoms. The summed E-state index contributed by atoms with van der Waals surface area (Å²) in [6.07, 6.45) is -0.720. The van der Waals surface area contributed by atoms with Gasteiger partial charge in [-0.3, -0.25) is 10.1 Å². The van der Waals surface area contributed by atoms with E-state index in [4.69, 9.17) is 14.4 Å². The smallest absolute Gasteiger partial charge is 0.412 e. The lowest BCUT2D eigenvalue weighted by Gasteiger charge is -2.28. The molecule has 3 rings (SSSR count). The number of carboxylic acids is 1. The number of urea groups is 1. The van der Waals surface area contributed by atoms with Crippen LogP contribution in [-0.2, 0) is 16.1 Å². The number of amides is 3. The number of hydrogen-bond donors (Lipinski definition) is 3. The van der Waals surface area contributed by atoms with Gasteiger partial charge in [-0.25, -0.2) is 22.8 Å². The second-order valence-electron chi connectivity index (χ2n) is 8.23. The van der Waals surface area contributed by atoms with Crippen LogP contribution in [0.5, 0.6) is 0 Å². The quantitative estimate of drug-likeness (QED) is 0.323. The summed E-state index contributed by atoms with van der Waals surface area (Å²) in [7, 11) is 1.40. The highest BCUT2D eigenvalue weighted by Gasteiger charge is 2.23. The van der Waals surface area contributed by atoms with Gasteiger partial charge >= 0.3 is 18.1 Å². The number of ether oxygens (including phenoxy) is 1. The number of carboxylic acid groups (broad SMARTS) is 1. The summed E-state index contributed by atoms with van der Waals surface area (Å²) in [5, 5.41) is 17.5. The number of hydrogen-bond acceptors (Lipinski definition) is 6. The minimum Gasteiger partial charge on any atom is -0.481 e. The van der Waals surface area contributed by atoms with E-state index in [9.17, 15) is 27.6 Å². The Morgan fingerprint density at radius 3 is 2.58 bits per heavy atom. The van der Waals surface area contributed by atoms with Crippen molar-refractivity contribution in [2.45, 2.75) is 31.8 Å². The van der Waals surface area contributed by atoms with Crippen LogP contribution in [0.25, 0.3) is 11.3 Å². The van der Waals surface area contributed by atoms with Gasteiger partial charge < -0.3 is 24.6 Å². The van der Waals surface area contributed by atoms with E-state index in [2.05, 4.69) is 15.8 Å². The molecule has 2 aromatic carbocycles. The Kier molecular flexibility index (Phi) is 9.68. The zero-order valence-electron chi connectivity index (χ0n) is 20.2. The summed E-state index contributed by atoms with van der Waals surface area (Å²) in [4.78, 5) is 37.0. The van der Waals surface area contributed by atoms with Gasteiger partial charge in [-0.15, -0.1) is 0 Å². The Morgan fingerprint density at radius 2 is 1.87 bits per heavy atom. The van der Waals surface area contributed by atoms with Crippen LogP contribution in [-0.4, -0.2) is 53.0 Å². The van der Waals surface area contributed by atoms with Gasteiger partial charge in [0.1, 0.15) is 12.4 Å². The zero-order valence-corrected chi connectivity index (χ0v) is 20.2. The third-order valence-corrected chi connectivity index (χ3v) is 5.53. The lowest BCUT2D eigenvalue weighted by atomic mass is 10.1. The first-order valence-corrected chi connectivity index (χ1v) is 11.5. The van der Waals surface area contributed by atoms with E-state index in [-0.39, 0.29) is 49.6 Å². The number of rotatable bonds is 11. The van der Waals surface area contributed by atoms with Crippen molar-refractivity contribution in [2.24, 2.45) is 0 Å². The number of nitrogens with zero attached hydrogens (tertiary/aromatic N) is 2. The Labute approximate surface area is 215 Å². The van der Waals surface area contributed by atoms with Crippen molar-refractivity contribution < 1.29 is 41.9 Å². The summed E-state index contributed by atoms with van der Waals surface area (Å²) in [5.41, 5.74) is 0.474. The summed E-state index contributed by atoms with van der Waals surface area (Å²) >= 11 is 0. The van der Waals surface area contributed by atoms with E-state index >= 15 is 0 Å². The number of halogens is 3. The number of anilines is 1. The van der Waals surface area contributed by atoms with Crippen LogP contribution in [0.3, 0.4) is 0 Å². The van der Waals surface area contributed by atoms with Gasteiger partial charge in [0, 0.05) is 37.2 Å². The van der Waals surface area contributed by atoms with E-state index in [1.54, 1.807) is 0 Å². The van der Waals surface area contributed by atoms with Crippen LogP contribution in [0, 0.1) is 17.5 Å². The molecular weight excluding hydrogens is 509 g/mol. The van der Waals surface area contributed by atoms with Crippen molar-refractivity contribution in [3.63, 3.8) is 0 Å². The minimum atomic E-state index is -1.08. The van der Waals surface area contributed by atoms with E-state index in [0.29, 0.717) is 5.56 Å². The fourth-order valence-corrected chi connectivity index (χ4v) is 3.42. The number of carbonyl (C=O) groups excluding carboxylic acids is 2. The van der Waals surface area contributed by atoms with Crippen LogP contribution in [0.15, 0.2) is 53.1 Å². The fourth-order valence-electron chi connectivity index (χ4n) is 3.42.